The van der Waals surface area contributed by atoms with Crippen LogP contribution in [0.15, 0.2) is 204 Å². The minimum Gasteiger partial charge on any atom is -0.455 e. The molecule has 9 aromatic carbocycles. The molecule has 0 saturated carbocycles. The van der Waals surface area contributed by atoms with Gasteiger partial charge in [0, 0.05) is 21.8 Å². The molecule has 10 rings (SSSR count). The first-order chi connectivity index (χ1) is 30.4. The number of hydrogen-bond acceptors (Lipinski definition) is 2. The van der Waals surface area contributed by atoms with E-state index in [1.54, 1.807) is 24.3 Å². The first-order valence-electron chi connectivity index (χ1n) is 22.4. The average Bonchev–Trinajstić information content (AvgIpc) is 3.71. The molecule has 0 saturated heterocycles. The molecule has 0 radical (unpaired) electrons. The maximum atomic E-state index is 9.78. The van der Waals surface area contributed by atoms with Crippen LogP contribution < -0.4 is 4.90 Å². The molecular formula is C50H33NO. The lowest BCUT2D eigenvalue weighted by Crippen LogP contribution is -2.10. The molecule has 2 nitrogen and oxygen atoms in total. The molecule has 0 N–H and O–H groups in total. The Labute approximate surface area is 317 Å². The minimum atomic E-state index is -0.651. The second kappa shape index (κ2) is 12.5. The highest BCUT2D eigenvalue weighted by atomic mass is 16.3. The zero-order chi connectivity index (χ0) is 44.0. The molecule has 1 heterocycles. The van der Waals surface area contributed by atoms with Crippen LogP contribution in [0.1, 0.15) is 15.1 Å². The summed E-state index contributed by atoms with van der Waals surface area (Å²) in [6.45, 7) is 0. The van der Waals surface area contributed by atoms with E-state index in [4.69, 9.17) is 11.3 Å². The van der Waals surface area contributed by atoms with Crippen molar-refractivity contribution in [3.05, 3.63) is 200 Å². The topological polar surface area (TPSA) is 16.4 Å². The maximum absolute atomic E-state index is 9.78. The van der Waals surface area contributed by atoms with Gasteiger partial charge in [-0.25, -0.2) is 0 Å². The van der Waals surface area contributed by atoms with E-state index in [1.807, 2.05) is 109 Å². The fourth-order valence-corrected chi connectivity index (χ4v) is 7.03. The molecule has 0 unspecified atom stereocenters. The van der Waals surface area contributed by atoms with E-state index >= 15 is 0 Å². The van der Waals surface area contributed by atoms with Crippen LogP contribution in [-0.4, -0.2) is 0 Å². The molecule has 0 fully saturated rings. The summed E-state index contributed by atoms with van der Waals surface area (Å²) in [6, 6.07) is 35.4. The third-order valence-electron chi connectivity index (χ3n) is 9.44. The summed E-state index contributed by atoms with van der Waals surface area (Å²) in [5.41, 5.74) is 4.45. The molecule has 0 aliphatic carbocycles. The Kier molecular flexibility index (Phi) is 4.96. The second-order valence-electron chi connectivity index (χ2n) is 12.4. The van der Waals surface area contributed by atoms with Crippen LogP contribution in [0.5, 0.6) is 0 Å². The van der Waals surface area contributed by atoms with Gasteiger partial charge in [0.15, 0.2) is 0 Å². The Bertz CT molecular complexity index is 3500. The summed E-state index contributed by atoms with van der Waals surface area (Å²) in [6.07, 6.45) is 0. The van der Waals surface area contributed by atoms with E-state index in [9.17, 15) is 8.22 Å². The third-order valence-corrected chi connectivity index (χ3v) is 9.44. The number of anilines is 3. The van der Waals surface area contributed by atoms with E-state index < -0.39 is 66.5 Å². The molecule has 244 valence electrons. The van der Waals surface area contributed by atoms with Crippen molar-refractivity contribution in [3.8, 4) is 33.4 Å². The van der Waals surface area contributed by atoms with Crippen molar-refractivity contribution in [2.24, 2.45) is 0 Å². The van der Waals surface area contributed by atoms with Gasteiger partial charge < -0.3 is 9.32 Å². The zero-order valence-corrected chi connectivity index (χ0v) is 27.6. The molecule has 10 aromatic rings. The van der Waals surface area contributed by atoms with Gasteiger partial charge in [-0.15, -0.1) is 0 Å². The molecular weight excluding hydrogens is 631 g/mol. The van der Waals surface area contributed by atoms with Gasteiger partial charge in [-0.2, -0.15) is 0 Å². The van der Waals surface area contributed by atoms with Crippen LogP contribution in [0, 0.1) is 0 Å². The van der Waals surface area contributed by atoms with E-state index in [2.05, 4.69) is 0 Å². The van der Waals surface area contributed by atoms with Gasteiger partial charge in [0.1, 0.15) is 11.2 Å². The van der Waals surface area contributed by atoms with Crippen molar-refractivity contribution in [2.45, 2.75) is 0 Å². The van der Waals surface area contributed by atoms with Crippen molar-refractivity contribution in [1.82, 2.24) is 0 Å². The van der Waals surface area contributed by atoms with E-state index in [0.717, 1.165) is 33.0 Å². The van der Waals surface area contributed by atoms with Crippen LogP contribution in [-0.2, 0) is 0 Å². The van der Waals surface area contributed by atoms with Gasteiger partial charge in [0.2, 0.25) is 0 Å². The van der Waals surface area contributed by atoms with Gasteiger partial charge in [-0.1, -0.05) is 158 Å². The largest absolute Gasteiger partial charge is 0.455 e. The molecule has 0 aliphatic heterocycles. The summed E-state index contributed by atoms with van der Waals surface area (Å²) in [5, 5.41) is 2.17. The predicted molar refractivity (Wildman–Crippen MR) is 220 cm³/mol. The van der Waals surface area contributed by atoms with Gasteiger partial charge in [-0.3, -0.25) is 0 Å². The third kappa shape index (κ3) is 5.04. The normalized spacial score (nSPS) is 14.4. The SMILES string of the molecule is [2H]c1c([2H])c(N(c2c([2H])c([2H])c([2H])c3c([2H])c([2H])c([2H])c([2H])c23)c2cccc3oc4c5ccccc5ccc4c23)c([2H])c([2H])c1-c1ccc(-c2ccccc2)c(-c2ccccc2)c1. The molecule has 0 atom stereocenters. The molecule has 2 heteroatoms. The van der Waals surface area contributed by atoms with Crippen molar-refractivity contribution < 1.29 is 19.5 Å². The smallest absolute Gasteiger partial charge is 0.143 e. The summed E-state index contributed by atoms with van der Waals surface area (Å²) in [5.74, 6) is 0. The van der Waals surface area contributed by atoms with Crippen LogP contribution in [0.25, 0.3) is 76.9 Å². The van der Waals surface area contributed by atoms with Crippen LogP contribution in [0.3, 0.4) is 0 Å². The number of hydrogen-bond donors (Lipinski definition) is 0. The summed E-state index contributed by atoms with van der Waals surface area (Å²) >= 11 is 0. The van der Waals surface area contributed by atoms with Gasteiger partial charge in [-0.05, 0) is 86.5 Å². The number of benzene rings is 9. The molecule has 52 heavy (non-hydrogen) atoms. The van der Waals surface area contributed by atoms with Crippen LogP contribution >= 0.6 is 0 Å². The van der Waals surface area contributed by atoms with Crippen molar-refractivity contribution >= 4 is 60.5 Å². The lowest BCUT2D eigenvalue weighted by atomic mass is 9.91. The Balaban J connectivity index is 1.32. The van der Waals surface area contributed by atoms with Crippen molar-refractivity contribution in [3.63, 3.8) is 0 Å². The number of fused-ring (bicyclic) bond motifs is 6. The molecule has 0 amide bonds. The maximum Gasteiger partial charge on any atom is 0.143 e. The highest BCUT2D eigenvalue weighted by Crippen LogP contribution is 2.46. The lowest BCUT2D eigenvalue weighted by molar-refractivity contribution is 0.672. The molecule has 1 aromatic heterocycles. The Morgan fingerprint density at radius 2 is 1.15 bits per heavy atom. The monoisotopic (exact) mass is 674 g/mol. The second-order valence-corrected chi connectivity index (χ2v) is 12.4. The first-order valence-corrected chi connectivity index (χ1v) is 16.9. The van der Waals surface area contributed by atoms with Crippen LogP contribution in [0.2, 0.25) is 0 Å². The Morgan fingerprint density at radius 3 is 1.98 bits per heavy atom. The molecule has 0 spiro atoms. The van der Waals surface area contributed by atoms with Gasteiger partial charge in [0.25, 0.3) is 0 Å². The minimum absolute atomic E-state index is 0.0180. The lowest BCUT2D eigenvalue weighted by Gasteiger charge is -2.27. The number of furan rings is 1. The highest BCUT2D eigenvalue weighted by molar-refractivity contribution is 6.20. The molecule has 0 bridgehead atoms. The quantitative estimate of drug-likeness (QED) is 0.175. The van der Waals surface area contributed by atoms with Crippen molar-refractivity contribution in [2.75, 3.05) is 4.90 Å². The van der Waals surface area contributed by atoms with Crippen LogP contribution in [0.4, 0.5) is 17.1 Å². The Hall–Kier alpha value is -6.90. The van der Waals surface area contributed by atoms with Crippen molar-refractivity contribution in [1.29, 1.82) is 0 Å². The Morgan fingerprint density at radius 1 is 0.423 bits per heavy atom. The highest BCUT2D eigenvalue weighted by Gasteiger charge is 2.22. The summed E-state index contributed by atoms with van der Waals surface area (Å²) in [7, 11) is 0. The first kappa shape index (κ1) is 20.7. The number of rotatable bonds is 6. The summed E-state index contributed by atoms with van der Waals surface area (Å²) < 4.78 is 108. The average molecular weight is 675 g/mol. The number of nitrogens with zero attached hydrogens (tertiary/aromatic N) is 1. The fourth-order valence-electron chi connectivity index (χ4n) is 7.03. The zero-order valence-electron chi connectivity index (χ0n) is 38.6. The van der Waals surface area contributed by atoms with E-state index in [1.165, 1.54) is 4.90 Å². The van der Waals surface area contributed by atoms with E-state index in [0.29, 0.717) is 27.5 Å². The van der Waals surface area contributed by atoms with Gasteiger partial charge >= 0.3 is 0 Å². The summed E-state index contributed by atoms with van der Waals surface area (Å²) in [4.78, 5) is 1.29. The standard InChI is InChI=1S/C50H33NO/c1-3-13-35(14-4-1)41-31-28-39(33-45(41)37-15-5-2-6-16-37)34-25-29-40(30-26-34)51(46-22-11-19-36-17-7-9-20-42(36)46)47-23-12-24-48-49(47)44-32-27-38-18-8-10-21-43(38)50(44)52-48/h1-33H/i7D,9D,11D,17D,19D,20D,22D,25D,26D,29D,30D. The van der Waals surface area contributed by atoms with E-state index in [-0.39, 0.29) is 33.4 Å². The predicted octanol–water partition coefficient (Wildman–Crippen LogP) is 14.4. The molecule has 0 aliphatic rings. The van der Waals surface area contributed by atoms with Gasteiger partial charge in [0.05, 0.1) is 31.8 Å². The fraction of sp³-hybridized carbons (Fsp3) is 0.